The maximum absolute atomic E-state index is 13.0. The number of amides is 2. The zero-order valence-corrected chi connectivity index (χ0v) is 17.1. The van der Waals surface area contributed by atoms with Gasteiger partial charge in [-0.2, -0.15) is 0 Å². The highest BCUT2D eigenvalue weighted by Crippen LogP contribution is 2.33. The monoisotopic (exact) mass is 386 g/mol. The molecule has 2 aliphatic rings. The molecule has 2 amide bonds. The lowest BCUT2D eigenvalue weighted by Crippen LogP contribution is -2.45. The predicted octanol–water partition coefficient (Wildman–Crippen LogP) is 4.08. The molecular formula is C22H30N2O4. The fourth-order valence-corrected chi connectivity index (χ4v) is 3.96. The summed E-state index contributed by atoms with van der Waals surface area (Å²) >= 11 is 0. The first-order chi connectivity index (χ1) is 13.4. The highest BCUT2D eigenvalue weighted by atomic mass is 16.5. The second-order valence-corrected chi connectivity index (χ2v) is 7.87. The SMILES string of the molecule is CCOc1ccc(C2NC(=O)NC(C)=C2C(=O)OC2CCC(C)C(C)C2)cc1. The topological polar surface area (TPSA) is 76.7 Å². The average molecular weight is 386 g/mol. The molecule has 0 spiro atoms. The van der Waals surface area contributed by atoms with Crippen LogP contribution in [0.4, 0.5) is 4.79 Å². The van der Waals surface area contributed by atoms with E-state index < -0.39 is 6.04 Å². The average Bonchev–Trinajstić information content (AvgIpc) is 2.65. The standard InChI is InChI=1S/C22H30N2O4/c1-5-27-17-10-7-16(8-11-17)20-19(15(4)23-22(26)24-20)21(25)28-18-9-6-13(2)14(3)12-18/h7-8,10-11,13-14,18,20H,5-6,9,12H2,1-4H3,(H2,23,24,26). The van der Waals surface area contributed by atoms with Crippen molar-refractivity contribution < 1.29 is 19.1 Å². The van der Waals surface area contributed by atoms with E-state index in [1.54, 1.807) is 6.92 Å². The second kappa shape index (κ2) is 8.67. The van der Waals surface area contributed by atoms with Crippen LogP contribution in [0.25, 0.3) is 0 Å². The van der Waals surface area contributed by atoms with Crippen LogP contribution in [0, 0.1) is 11.8 Å². The van der Waals surface area contributed by atoms with E-state index in [1.165, 1.54) is 0 Å². The molecule has 1 aromatic rings. The molecule has 1 heterocycles. The van der Waals surface area contributed by atoms with Gasteiger partial charge in [0.15, 0.2) is 0 Å². The molecule has 4 unspecified atom stereocenters. The van der Waals surface area contributed by atoms with Crippen LogP contribution in [-0.2, 0) is 9.53 Å². The van der Waals surface area contributed by atoms with E-state index in [2.05, 4.69) is 24.5 Å². The van der Waals surface area contributed by atoms with Gasteiger partial charge >= 0.3 is 12.0 Å². The molecule has 0 radical (unpaired) electrons. The molecular weight excluding hydrogens is 356 g/mol. The maximum Gasteiger partial charge on any atom is 0.338 e. The number of nitrogens with one attached hydrogen (secondary N) is 2. The molecule has 152 valence electrons. The summed E-state index contributed by atoms with van der Waals surface area (Å²) in [5.41, 5.74) is 1.80. The smallest absolute Gasteiger partial charge is 0.338 e. The van der Waals surface area contributed by atoms with E-state index in [4.69, 9.17) is 9.47 Å². The van der Waals surface area contributed by atoms with Gasteiger partial charge in [-0.15, -0.1) is 0 Å². The molecule has 2 N–H and O–H groups in total. The molecule has 1 saturated carbocycles. The number of hydrogen-bond acceptors (Lipinski definition) is 4. The van der Waals surface area contributed by atoms with Gasteiger partial charge in [-0.05, 0) is 62.6 Å². The Morgan fingerprint density at radius 2 is 1.86 bits per heavy atom. The van der Waals surface area contributed by atoms with Gasteiger partial charge < -0.3 is 20.1 Å². The van der Waals surface area contributed by atoms with Crippen LogP contribution in [-0.4, -0.2) is 24.7 Å². The lowest BCUT2D eigenvalue weighted by Gasteiger charge is -2.33. The van der Waals surface area contributed by atoms with E-state index in [9.17, 15) is 9.59 Å². The number of hydrogen-bond donors (Lipinski definition) is 2. The summed E-state index contributed by atoms with van der Waals surface area (Å²) in [6.45, 7) is 8.70. The summed E-state index contributed by atoms with van der Waals surface area (Å²) in [5, 5.41) is 5.55. The normalized spacial score (nSPS) is 27.6. The number of esters is 1. The molecule has 0 bridgehead atoms. The Labute approximate surface area is 166 Å². The number of allylic oxidation sites excluding steroid dienone is 1. The van der Waals surface area contributed by atoms with Gasteiger partial charge in [-0.3, -0.25) is 0 Å². The van der Waals surface area contributed by atoms with Crippen LogP contribution in [0.2, 0.25) is 0 Å². The zero-order chi connectivity index (χ0) is 20.3. The van der Waals surface area contributed by atoms with Gasteiger partial charge in [-0.1, -0.05) is 26.0 Å². The van der Waals surface area contributed by atoms with Crippen molar-refractivity contribution in [3.63, 3.8) is 0 Å². The van der Waals surface area contributed by atoms with Crippen molar-refractivity contribution in [3.8, 4) is 5.75 Å². The summed E-state index contributed by atoms with van der Waals surface area (Å²) < 4.78 is 11.3. The molecule has 6 heteroatoms. The first-order valence-electron chi connectivity index (χ1n) is 10.1. The van der Waals surface area contributed by atoms with Crippen molar-refractivity contribution in [1.82, 2.24) is 10.6 Å². The number of urea groups is 1. The summed E-state index contributed by atoms with van der Waals surface area (Å²) in [7, 11) is 0. The van der Waals surface area contributed by atoms with Gasteiger partial charge in [-0.25, -0.2) is 9.59 Å². The second-order valence-electron chi connectivity index (χ2n) is 7.87. The first kappa shape index (κ1) is 20.2. The quantitative estimate of drug-likeness (QED) is 0.748. The van der Waals surface area contributed by atoms with Crippen molar-refractivity contribution in [2.24, 2.45) is 11.8 Å². The fourth-order valence-electron chi connectivity index (χ4n) is 3.96. The minimum atomic E-state index is -0.545. The molecule has 4 atom stereocenters. The highest BCUT2D eigenvalue weighted by molar-refractivity contribution is 5.95. The van der Waals surface area contributed by atoms with E-state index in [1.807, 2.05) is 31.2 Å². The Morgan fingerprint density at radius 1 is 1.14 bits per heavy atom. The van der Waals surface area contributed by atoms with E-state index in [0.29, 0.717) is 29.7 Å². The Balaban J connectivity index is 1.80. The third kappa shape index (κ3) is 4.49. The third-order valence-electron chi connectivity index (χ3n) is 5.84. The van der Waals surface area contributed by atoms with E-state index >= 15 is 0 Å². The largest absolute Gasteiger partial charge is 0.494 e. The summed E-state index contributed by atoms with van der Waals surface area (Å²) in [5.74, 6) is 1.58. The zero-order valence-electron chi connectivity index (χ0n) is 17.1. The van der Waals surface area contributed by atoms with Crippen molar-refractivity contribution in [3.05, 3.63) is 41.1 Å². The molecule has 3 rings (SSSR count). The van der Waals surface area contributed by atoms with Crippen molar-refractivity contribution in [2.75, 3.05) is 6.61 Å². The van der Waals surface area contributed by atoms with Crippen molar-refractivity contribution in [1.29, 1.82) is 0 Å². The summed E-state index contributed by atoms with van der Waals surface area (Å²) in [4.78, 5) is 25.1. The molecule has 1 aromatic carbocycles. The number of ether oxygens (including phenoxy) is 2. The Kier molecular flexibility index (Phi) is 6.27. The van der Waals surface area contributed by atoms with Crippen molar-refractivity contribution in [2.45, 2.75) is 59.1 Å². The Morgan fingerprint density at radius 3 is 2.50 bits per heavy atom. The Hall–Kier alpha value is -2.50. The van der Waals surface area contributed by atoms with Crippen LogP contribution in [0.3, 0.4) is 0 Å². The van der Waals surface area contributed by atoms with E-state index in [-0.39, 0.29) is 18.1 Å². The molecule has 1 aliphatic carbocycles. The van der Waals surface area contributed by atoms with Gasteiger partial charge in [0.1, 0.15) is 11.9 Å². The van der Waals surface area contributed by atoms with Gasteiger partial charge in [0, 0.05) is 5.70 Å². The molecule has 1 aliphatic heterocycles. The highest BCUT2D eigenvalue weighted by Gasteiger charge is 2.34. The predicted molar refractivity (Wildman–Crippen MR) is 107 cm³/mol. The molecule has 0 aromatic heterocycles. The summed E-state index contributed by atoms with van der Waals surface area (Å²) in [6.07, 6.45) is 2.76. The number of rotatable bonds is 5. The number of carbonyl (C=O) groups is 2. The fraction of sp³-hybridized carbons (Fsp3) is 0.545. The third-order valence-corrected chi connectivity index (χ3v) is 5.84. The Bertz CT molecular complexity index is 756. The van der Waals surface area contributed by atoms with Crippen LogP contribution < -0.4 is 15.4 Å². The maximum atomic E-state index is 13.0. The molecule has 28 heavy (non-hydrogen) atoms. The van der Waals surface area contributed by atoms with Crippen LogP contribution in [0.5, 0.6) is 5.75 Å². The van der Waals surface area contributed by atoms with E-state index in [0.717, 1.165) is 30.6 Å². The minimum absolute atomic E-state index is 0.0717. The minimum Gasteiger partial charge on any atom is -0.494 e. The summed E-state index contributed by atoms with van der Waals surface area (Å²) in [6, 6.07) is 6.55. The van der Waals surface area contributed by atoms with Crippen LogP contribution in [0.15, 0.2) is 35.5 Å². The van der Waals surface area contributed by atoms with Gasteiger partial charge in [0.05, 0.1) is 18.2 Å². The van der Waals surface area contributed by atoms with Gasteiger partial charge in [0.2, 0.25) is 0 Å². The lowest BCUT2D eigenvalue weighted by molar-refractivity contribution is -0.147. The molecule has 0 saturated heterocycles. The first-order valence-corrected chi connectivity index (χ1v) is 10.1. The number of carbonyl (C=O) groups excluding carboxylic acids is 2. The van der Waals surface area contributed by atoms with Crippen molar-refractivity contribution >= 4 is 12.0 Å². The van der Waals surface area contributed by atoms with Gasteiger partial charge in [0.25, 0.3) is 0 Å². The molecule has 1 fully saturated rings. The molecule has 6 nitrogen and oxygen atoms in total. The number of benzene rings is 1. The lowest BCUT2D eigenvalue weighted by atomic mass is 9.80. The van der Waals surface area contributed by atoms with Crippen LogP contribution in [0.1, 0.15) is 58.6 Å². The van der Waals surface area contributed by atoms with Crippen LogP contribution >= 0.6 is 0 Å².